The van der Waals surface area contributed by atoms with Gasteiger partial charge in [0.15, 0.2) is 0 Å². The summed E-state index contributed by atoms with van der Waals surface area (Å²) in [6, 6.07) is 12.5. The molecule has 1 saturated heterocycles. The van der Waals surface area contributed by atoms with Gasteiger partial charge in [-0.1, -0.05) is 18.2 Å². The highest BCUT2D eigenvalue weighted by molar-refractivity contribution is 5.98. The Morgan fingerprint density at radius 2 is 1.94 bits per heavy atom. The molecule has 0 atom stereocenters. The molecule has 1 N–H and O–H groups in total. The Labute approximate surface area is 184 Å². The second kappa shape index (κ2) is 9.28. The van der Waals surface area contributed by atoms with E-state index in [0.29, 0.717) is 13.2 Å². The number of nitrogens with zero attached hydrogens (tertiary/aromatic N) is 2. The van der Waals surface area contributed by atoms with Gasteiger partial charge in [0.05, 0.1) is 19.8 Å². The van der Waals surface area contributed by atoms with E-state index in [0.717, 1.165) is 82.1 Å². The van der Waals surface area contributed by atoms with E-state index in [1.54, 1.807) is 0 Å². The van der Waals surface area contributed by atoms with Gasteiger partial charge in [-0.25, -0.2) is 0 Å². The Bertz CT molecular complexity index is 938. The van der Waals surface area contributed by atoms with Crippen LogP contribution >= 0.6 is 0 Å². The zero-order valence-corrected chi connectivity index (χ0v) is 18.1. The molecule has 0 bridgehead atoms. The van der Waals surface area contributed by atoms with Crippen molar-refractivity contribution >= 4 is 11.6 Å². The van der Waals surface area contributed by atoms with Crippen molar-refractivity contribution in [2.75, 3.05) is 50.8 Å². The molecule has 0 radical (unpaired) electrons. The van der Waals surface area contributed by atoms with E-state index in [1.807, 2.05) is 18.2 Å². The summed E-state index contributed by atoms with van der Waals surface area (Å²) in [6.07, 6.45) is 3.18. The number of piperazine rings is 1. The van der Waals surface area contributed by atoms with Gasteiger partial charge >= 0.3 is 0 Å². The lowest BCUT2D eigenvalue weighted by molar-refractivity contribution is 0.0965. The first-order valence-electron chi connectivity index (χ1n) is 11.5. The SMILES string of the molecule is O=C1NCc2ccc(OCCCCN3CCN(c4cccc5c4CCOC5)CC3)cc21. The van der Waals surface area contributed by atoms with Crippen LogP contribution in [0.1, 0.15) is 39.9 Å². The molecule has 0 unspecified atom stereocenters. The molecule has 0 aromatic heterocycles. The summed E-state index contributed by atoms with van der Waals surface area (Å²) in [5.41, 5.74) is 6.07. The average molecular weight is 422 g/mol. The molecule has 3 aliphatic rings. The highest BCUT2D eigenvalue weighted by Crippen LogP contribution is 2.29. The van der Waals surface area contributed by atoms with Crippen LogP contribution < -0.4 is 15.0 Å². The van der Waals surface area contributed by atoms with Crippen molar-refractivity contribution in [1.29, 1.82) is 0 Å². The number of carbonyl (C=O) groups excluding carboxylic acids is 1. The molecule has 5 rings (SSSR count). The quantitative estimate of drug-likeness (QED) is 0.697. The lowest BCUT2D eigenvalue weighted by Gasteiger charge is -2.38. The normalized spacial score (nSPS) is 18.5. The minimum atomic E-state index is 0.00365. The van der Waals surface area contributed by atoms with Crippen molar-refractivity contribution in [3.05, 3.63) is 58.7 Å². The van der Waals surface area contributed by atoms with Crippen molar-refractivity contribution in [3.8, 4) is 5.75 Å². The molecule has 3 aliphatic heterocycles. The first kappa shape index (κ1) is 20.3. The lowest BCUT2D eigenvalue weighted by atomic mass is 10.00. The van der Waals surface area contributed by atoms with E-state index in [1.165, 1.54) is 16.8 Å². The van der Waals surface area contributed by atoms with Crippen molar-refractivity contribution < 1.29 is 14.3 Å². The number of amides is 1. The average Bonchev–Trinajstić information content (AvgIpc) is 3.19. The van der Waals surface area contributed by atoms with Crippen LogP contribution in [0.25, 0.3) is 0 Å². The van der Waals surface area contributed by atoms with Crippen LogP contribution in [0.3, 0.4) is 0 Å². The molecular formula is C25H31N3O3. The summed E-state index contributed by atoms with van der Waals surface area (Å²) in [6.45, 7) is 8.43. The minimum absolute atomic E-state index is 0.00365. The highest BCUT2D eigenvalue weighted by atomic mass is 16.5. The molecule has 6 nitrogen and oxygen atoms in total. The van der Waals surface area contributed by atoms with Crippen molar-refractivity contribution in [2.24, 2.45) is 0 Å². The predicted molar refractivity (Wildman–Crippen MR) is 121 cm³/mol. The van der Waals surface area contributed by atoms with Gasteiger partial charge in [-0.05, 0) is 60.7 Å². The molecule has 164 valence electrons. The maximum Gasteiger partial charge on any atom is 0.252 e. The van der Waals surface area contributed by atoms with E-state index in [9.17, 15) is 4.79 Å². The minimum Gasteiger partial charge on any atom is -0.494 e. The summed E-state index contributed by atoms with van der Waals surface area (Å²) in [7, 11) is 0. The number of hydrogen-bond donors (Lipinski definition) is 1. The van der Waals surface area contributed by atoms with Crippen LogP contribution in [0.4, 0.5) is 5.69 Å². The maximum absolute atomic E-state index is 11.8. The lowest BCUT2D eigenvalue weighted by Crippen LogP contribution is -2.47. The fourth-order valence-electron chi connectivity index (χ4n) is 4.82. The summed E-state index contributed by atoms with van der Waals surface area (Å²) in [5.74, 6) is 0.796. The van der Waals surface area contributed by atoms with Gasteiger partial charge in [0.1, 0.15) is 5.75 Å². The molecule has 1 fully saturated rings. The Balaban J connectivity index is 1.03. The summed E-state index contributed by atoms with van der Waals surface area (Å²) in [5, 5.41) is 2.84. The number of ether oxygens (including phenoxy) is 2. The van der Waals surface area contributed by atoms with Gasteiger partial charge in [0, 0.05) is 44.0 Å². The molecule has 2 aromatic carbocycles. The van der Waals surface area contributed by atoms with Gasteiger partial charge in [0.25, 0.3) is 5.91 Å². The van der Waals surface area contributed by atoms with Crippen LogP contribution in [0.5, 0.6) is 5.75 Å². The smallest absolute Gasteiger partial charge is 0.252 e. The van der Waals surface area contributed by atoms with Crippen LogP contribution in [0.15, 0.2) is 36.4 Å². The van der Waals surface area contributed by atoms with Crippen LogP contribution in [0, 0.1) is 0 Å². The second-order valence-corrected chi connectivity index (χ2v) is 8.60. The van der Waals surface area contributed by atoms with E-state index in [2.05, 4.69) is 33.3 Å². The van der Waals surface area contributed by atoms with Gasteiger partial charge in [0.2, 0.25) is 0 Å². The number of carbonyl (C=O) groups is 1. The summed E-state index contributed by atoms with van der Waals surface area (Å²) >= 11 is 0. The molecule has 31 heavy (non-hydrogen) atoms. The maximum atomic E-state index is 11.8. The van der Waals surface area contributed by atoms with Crippen LogP contribution in [-0.4, -0.2) is 56.7 Å². The van der Waals surface area contributed by atoms with E-state index >= 15 is 0 Å². The molecule has 6 heteroatoms. The fourth-order valence-corrected chi connectivity index (χ4v) is 4.82. The fraction of sp³-hybridized carbons (Fsp3) is 0.480. The Morgan fingerprint density at radius 1 is 1.03 bits per heavy atom. The van der Waals surface area contributed by atoms with Gasteiger partial charge < -0.3 is 19.7 Å². The summed E-state index contributed by atoms with van der Waals surface area (Å²) < 4.78 is 11.5. The molecule has 0 aliphatic carbocycles. The van der Waals surface area contributed by atoms with Crippen molar-refractivity contribution in [3.63, 3.8) is 0 Å². The number of hydrogen-bond acceptors (Lipinski definition) is 5. The number of benzene rings is 2. The van der Waals surface area contributed by atoms with Crippen LogP contribution in [0.2, 0.25) is 0 Å². The zero-order chi connectivity index (χ0) is 21.0. The monoisotopic (exact) mass is 421 g/mol. The number of nitrogens with one attached hydrogen (secondary N) is 1. The third-order valence-electron chi connectivity index (χ3n) is 6.62. The molecule has 0 saturated carbocycles. The molecule has 0 spiro atoms. The summed E-state index contributed by atoms with van der Waals surface area (Å²) in [4.78, 5) is 16.9. The first-order chi connectivity index (χ1) is 15.3. The third kappa shape index (κ3) is 4.55. The Kier molecular flexibility index (Phi) is 6.09. The largest absolute Gasteiger partial charge is 0.494 e. The van der Waals surface area contributed by atoms with Gasteiger partial charge in [-0.2, -0.15) is 0 Å². The first-order valence-corrected chi connectivity index (χ1v) is 11.5. The number of fused-ring (bicyclic) bond motifs is 2. The van der Waals surface area contributed by atoms with Gasteiger partial charge in [-0.15, -0.1) is 0 Å². The Morgan fingerprint density at radius 3 is 2.84 bits per heavy atom. The number of rotatable bonds is 7. The molecule has 3 heterocycles. The Hall–Kier alpha value is -2.57. The zero-order valence-electron chi connectivity index (χ0n) is 18.1. The number of anilines is 1. The third-order valence-corrected chi connectivity index (χ3v) is 6.62. The number of unbranched alkanes of at least 4 members (excludes halogenated alkanes) is 1. The van der Waals surface area contributed by atoms with Crippen molar-refractivity contribution in [2.45, 2.75) is 32.4 Å². The van der Waals surface area contributed by atoms with E-state index in [4.69, 9.17) is 9.47 Å². The predicted octanol–water partition coefficient (Wildman–Crippen LogP) is 2.98. The topological polar surface area (TPSA) is 54.0 Å². The standard InChI is InChI=1S/C25H31N3O3/c29-25-23-16-21(7-6-19(23)17-26-25)31-14-2-1-9-27-10-12-28(13-11-27)24-5-3-4-20-18-30-15-8-22(20)24/h3-7,16H,1-2,8-15,17-18H2,(H,26,29). The van der Waals surface area contributed by atoms with Crippen molar-refractivity contribution in [1.82, 2.24) is 10.2 Å². The second-order valence-electron chi connectivity index (χ2n) is 8.60. The van der Waals surface area contributed by atoms with Gasteiger partial charge in [-0.3, -0.25) is 9.69 Å². The molecule has 1 amide bonds. The van der Waals surface area contributed by atoms with E-state index in [-0.39, 0.29) is 5.91 Å². The van der Waals surface area contributed by atoms with E-state index < -0.39 is 0 Å². The van der Waals surface area contributed by atoms with Crippen LogP contribution in [-0.2, 0) is 24.3 Å². The molecule has 2 aromatic rings. The molecular weight excluding hydrogens is 390 g/mol. The highest BCUT2D eigenvalue weighted by Gasteiger charge is 2.22.